The second-order valence-corrected chi connectivity index (χ2v) is 9.98. The molecule has 9 heteroatoms. The summed E-state index contributed by atoms with van der Waals surface area (Å²) in [4.78, 5) is 12.9. The number of carbonyl (C=O) groups is 1. The summed E-state index contributed by atoms with van der Waals surface area (Å²) >= 11 is 0. The van der Waals surface area contributed by atoms with Crippen LogP contribution in [-0.2, 0) is 27.7 Å². The molecule has 0 bridgehead atoms. The number of carbonyl (C=O) groups excluding carboxylic acids is 1. The van der Waals surface area contributed by atoms with E-state index in [0.29, 0.717) is 36.6 Å². The molecule has 1 N–H and O–H groups in total. The number of ether oxygens (including phenoxy) is 3. The van der Waals surface area contributed by atoms with E-state index in [-0.39, 0.29) is 23.9 Å². The Balaban J connectivity index is 1.68. The van der Waals surface area contributed by atoms with Crippen LogP contribution in [0.25, 0.3) is 0 Å². The van der Waals surface area contributed by atoms with E-state index in [1.165, 1.54) is 23.5 Å². The number of nitrogens with zero attached hydrogens (tertiary/aromatic N) is 1. The third-order valence-electron chi connectivity index (χ3n) is 5.69. The van der Waals surface area contributed by atoms with Gasteiger partial charge in [0.1, 0.15) is 5.75 Å². The number of benzene rings is 3. The third-order valence-corrected chi connectivity index (χ3v) is 7.55. The van der Waals surface area contributed by atoms with Crippen molar-refractivity contribution in [1.29, 1.82) is 0 Å². The van der Waals surface area contributed by atoms with Gasteiger partial charge in [0.25, 0.3) is 0 Å². The van der Waals surface area contributed by atoms with Gasteiger partial charge in [-0.2, -0.15) is 4.31 Å². The summed E-state index contributed by atoms with van der Waals surface area (Å²) in [7, 11) is 0.754. The summed E-state index contributed by atoms with van der Waals surface area (Å²) in [6.45, 7) is 0.234. The van der Waals surface area contributed by atoms with Crippen molar-refractivity contribution < 1.29 is 27.4 Å². The van der Waals surface area contributed by atoms with Gasteiger partial charge in [-0.1, -0.05) is 36.4 Å². The molecule has 0 aromatic heterocycles. The lowest BCUT2D eigenvalue weighted by Crippen LogP contribution is -2.42. The molecule has 0 saturated carbocycles. The molecule has 3 aromatic carbocycles. The van der Waals surface area contributed by atoms with Crippen molar-refractivity contribution in [2.24, 2.45) is 0 Å². The van der Waals surface area contributed by atoms with Crippen LogP contribution < -0.4 is 19.5 Å². The molecule has 0 aliphatic carbocycles. The van der Waals surface area contributed by atoms with Crippen molar-refractivity contribution in [3.05, 3.63) is 83.9 Å². The van der Waals surface area contributed by atoms with Gasteiger partial charge in [0, 0.05) is 13.1 Å². The molecule has 0 atom stereocenters. The first-order chi connectivity index (χ1) is 17.4. The van der Waals surface area contributed by atoms with Gasteiger partial charge < -0.3 is 19.5 Å². The monoisotopic (exact) mass is 512 g/mol. The zero-order chi connectivity index (χ0) is 26.0. The lowest BCUT2D eigenvalue weighted by atomic mass is 10.1. The number of methoxy groups -OCH3 is 3. The number of amides is 1. The van der Waals surface area contributed by atoms with Crippen LogP contribution in [-0.4, -0.2) is 59.6 Å². The second-order valence-electron chi connectivity index (χ2n) is 8.04. The van der Waals surface area contributed by atoms with Crippen molar-refractivity contribution in [2.45, 2.75) is 17.7 Å². The van der Waals surface area contributed by atoms with Crippen molar-refractivity contribution in [3.63, 3.8) is 0 Å². The maximum atomic E-state index is 13.4. The van der Waals surface area contributed by atoms with Crippen LogP contribution in [0.1, 0.15) is 11.1 Å². The molecule has 0 aliphatic rings. The highest BCUT2D eigenvalue weighted by Gasteiger charge is 2.26. The predicted molar refractivity (Wildman–Crippen MR) is 138 cm³/mol. The van der Waals surface area contributed by atoms with Gasteiger partial charge in [0.2, 0.25) is 15.9 Å². The quantitative estimate of drug-likeness (QED) is 0.378. The van der Waals surface area contributed by atoms with Gasteiger partial charge in [-0.25, -0.2) is 8.42 Å². The minimum atomic E-state index is -3.90. The molecule has 0 saturated heterocycles. The minimum Gasteiger partial charge on any atom is -0.497 e. The molecule has 0 heterocycles. The van der Waals surface area contributed by atoms with E-state index >= 15 is 0 Å². The van der Waals surface area contributed by atoms with Crippen LogP contribution in [0.2, 0.25) is 0 Å². The molecule has 192 valence electrons. The Kier molecular flexibility index (Phi) is 9.72. The molecule has 0 fully saturated rings. The SMILES string of the molecule is COc1ccc(S(=O)(=O)N(CCc2ccccc2)CC(=O)NCCc2ccc(OC)c(OC)c2)cc1. The molecule has 0 aliphatic heterocycles. The number of hydrogen-bond donors (Lipinski definition) is 1. The Morgan fingerprint density at radius 2 is 1.50 bits per heavy atom. The molecular formula is C27H32N2O6S. The van der Waals surface area contributed by atoms with Gasteiger partial charge in [-0.05, 0) is 60.4 Å². The average Bonchev–Trinajstić information content (AvgIpc) is 2.91. The summed E-state index contributed by atoms with van der Waals surface area (Å²) in [5.41, 5.74) is 1.95. The summed E-state index contributed by atoms with van der Waals surface area (Å²) in [5.74, 6) is 1.42. The molecule has 3 aromatic rings. The predicted octanol–water partition coefficient (Wildman–Crippen LogP) is 3.30. The third kappa shape index (κ3) is 7.22. The summed E-state index contributed by atoms with van der Waals surface area (Å²) in [6, 6.07) is 21.3. The van der Waals surface area contributed by atoms with Gasteiger partial charge in [0.15, 0.2) is 11.5 Å². The van der Waals surface area contributed by atoms with Crippen LogP contribution in [0.15, 0.2) is 77.7 Å². The van der Waals surface area contributed by atoms with Gasteiger partial charge in [0.05, 0.1) is 32.8 Å². The van der Waals surface area contributed by atoms with E-state index in [2.05, 4.69) is 5.32 Å². The Hall–Kier alpha value is -3.56. The number of sulfonamides is 1. The summed E-state index contributed by atoms with van der Waals surface area (Å²) < 4.78 is 43.7. The van der Waals surface area contributed by atoms with Crippen molar-refractivity contribution in [2.75, 3.05) is 41.0 Å². The van der Waals surface area contributed by atoms with Crippen LogP contribution in [0.5, 0.6) is 17.2 Å². The summed E-state index contributed by atoms with van der Waals surface area (Å²) in [6.07, 6.45) is 1.04. The van der Waals surface area contributed by atoms with Crippen LogP contribution in [0.3, 0.4) is 0 Å². The maximum Gasteiger partial charge on any atom is 0.243 e. The molecule has 1 amide bonds. The van der Waals surface area contributed by atoms with Crippen molar-refractivity contribution in [3.8, 4) is 17.2 Å². The first kappa shape index (κ1) is 27.0. The zero-order valence-electron chi connectivity index (χ0n) is 20.8. The fraction of sp³-hybridized carbons (Fsp3) is 0.296. The van der Waals surface area contributed by atoms with E-state index in [4.69, 9.17) is 14.2 Å². The van der Waals surface area contributed by atoms with E-state index in [1.54, 1.807) is 26.4 Å². The van der Waals surface area contributed by atoms with E-state index in [9.17, 15) is 13.2 Å². The first-order valence-corrected chi connectivity index (χ1v) is 13.0. The number of nitrogens with one attached hydrogen (secondary N) is 1. The lowest BCUT2D eigenvalue weighted by Gasteiger charge is -2.22. The number of hydrogen-bond acceptors (Lipinski definition) is 6. The Morgan fingerprint density at radius 3 is 2.14 bits per heavy atom. The highest BCUT2D eigenvalue weighted by molar-refractivity contribution is 7.89. The van der Waals surface area contributed by atoms with E-state index in [0.717, 1.165) is 11.1 Å². The average molecular weight is 513 g/mol. The number of rotatable bonds is 13. The molecule has 0 unspecified atom stereocenters. The largest absolute Gasteiger partial charge is 0.497 e. The van der Waals surface area contributed by atoms with Crippen molar-refractivity contribution >= 4 is 15.9 Å². The standard InChI is InChI=1S/C27H32N2O6S/c1-33-23-10-12-24(13-11-23)36(31,32)29(18-16-21-7-5-4-6-8-21)20-27(30)28-17-15-22-9-14-25(34-2)26(19-22)35-3/h4-14,19H,15-18,20H2,1-3H3,(H,28,30). The zero-order valence-corrected chi connectivity index (χ0v) is 21.6. The molecular weight excluding hydrogens is 480 g/mol. The molecule has 0 spiro atoms. The Bertz CT molecular complexity index is 1230. The molecule has 8 nitrogen and oxygen atoms in total. The highest BCUT2D eigenvalue weighted by Crippen LogP contribution is 2.27. The highest BCUT2D eigenvalue weighted by atomic mass is 32.2. The van der Waals surface area contributed by atoms with Gasteiger partial charge in [-0.15, -0.1) is 0 Å². The first-order valence-electron chi connectivity index (χ1n) is 11.5. The molecule has 36 heavy (non-hydrogen) atoms. The van der Waals surface area contributed by atoms with E-state index in [1.807, 2.05) is 48.5 Å². The Labute approximate surface area is 212 Å². The normalized spacial score (nSPS) is 11.2. The topological polar surface area (TPSA) is 94.2 Å². The smallest absolute Gasteiger partial charge is 0.243 e. The molecule has 0 radical (unpaired) electrons. The van der Waals surface area contributed by atoms with Crippen LogP contribution in [0.4, 0.5) is 0 Å². The lowest BCUT2D eigenvalue weighted by molar-refractivity contribution is -0.121. The van der Waals surface area contributed by atoms with Crippen LogP contribution in [0, 0.1) is 0 Å². The minimum absolute atomic E-state index is 0.106. The van der Waals surface area contributed by atoms with Crippen molar-refractivity contribution in [1.82, 2.24) is 9.62 Å². The summed E-state index contributed by atoms with van der Waals surface area (Å²) in [5, 5.41) is 2.83. The van der Waals surface area contributed by atoms with Gasteiger partial charge >= 0.3 is 0 Å². The fourth-order valence-electron chi connectivity index (χ4n) is 3.68. The molecule has 3 rings (SSSR count). The fourth-order valence-corrected chi connectivity index (χ4v) is 5.07. The second kappa shape index (κ2) is 12.9. The van der Waals surface area contributed by atoms with Gasteiger partial charge in [-0.3, -0.25) is 4.79 Å². The Morgan fingerprint density at radius 1 is 0.806 bits per heavy atom. The van der Waals surface area contributed by atoms with Crippen LogP contribution >= 0.6 is 0 Å². The van der Waals surface area contributed by atoms with E-state index < -0.39 is 10.0 Å². The maximum absolute atomic E-state index is 13.4.